The molecule has 3 heteroatoms. The van der Waals surface area contributed by atoms with Crippen LogP contribution in [0.25, 0.3) is 0 Å². The predicted octanol–water partition coefficient (Wildman–Crippen LogP) is 3.30. The summed E-state index contributed by atoms with van der Waals surface area (Å²) < 4.78 is 14.2. The van der Waals surface area contributed by atoms with E-state index < -0.39 is 5.60 Å². The Morgan fingerprint density at radius 2 is 2.00 bits per heavy atom. The van der Waals surface area contributed by atoms with E-state index in [0.29, 0.717) is 11.5 Å². The van der Waals surface area contributed by atoms with Gasteiger partial charge in [-0.1, -0.05) is 22.9 Å². The van der Waals surface area contributed by atoms with Gasteiger partial charge in [-0.3, -0.25) is 0 Å². The Labute approximate surface area is 92.1 Å². The van der Waals surface area contributed by atoms with E-state index in [-0.39, 0.29) is 5.82 Å². The number of hydrogen-bond donors (Lipinski definition) is 1. The molecule has 0 amide bonds. The Kier molecular flexibility index (Phi) is 3.32. The first-order valence-corrected chi connectivity index (χ1v) is 5.13. The monoisotopic (exact) mass is 259 g/mol. The summed E-state index contributed by atoms with van der Waals surface area (Å²) in [4.78, 5) is 0. The van der Waals surface area contributed by atoms with Gasteiger partial charge in [0.2, 0.25) is 0 Å². The number of hydrogen-bond acceptors (Lipinski definition) is 1. The van der Waals surface area contributed by atoms with Crippen LogP contribution >= 0.6 is 15.9 Å². The fourth-order valence-corrected chi connectivity index (χ4v) is 1.48. The van der Waals surface area contributed by atoms with Crippen molar-refractivity contribution in [2.45, 2.75) is 26.4 Å². The van der Waals surface area contributed by atoms with Crippen LogP contribution < -0.4 is 0 Å². The van der Waals surface area contributed by atoms with E-state index in [0.717, 1.165) is 4.47 Å². The largest absolute Gasteiger partial charge is 0.390 e. The summed E-state index contributed by atoms with van der Waals surface area (Å²) >= 11 is 3.27. The molecule has 0 aliphatic carbocycles. The van der Waals surface area contributed by atoms with Gasteiger partial charge in [-0.05, 0) is 37.6 Å². The summed E-state index contributed by atoms with van der Waals surface area (Å²) in [5.74, 6) is 0.309. The van der Waals surface area contributed by atoms with Crippen LogP contribution in [-0.2, 0) is 0 Å². The summed E-state index contributed by atoms with van der Waals surface area (Å²) in [5.41, 5.74) is -0.548. The fourth-order valence-electron chi connectivity index (χ4n) is 1.11. The highest BCUT2D eigenvalue weighted by Crippen LogP contribution is 2.30. The molecule has 0 spiro atoms. The third-order valence-corrected chi connectivity index (χ3v) is 2.74. The van der Waals surface area contributed by atoms with Crippen molar-refractivity contribution in [3.8, 4) is 0 Å². The van der Waals surface area contributed by atoms with Gasteiger partial charge < -0.3 is 5.11 Å². The van der Waals surface area contributed by atoms with Crippen LogP contribution in [0.3, 0.4) is 0 Å². The molecule has 0 aromatic heterocycles. The molecule has 0 heterocycles. The standard InChI is InChI=1S/C11H13BrFO/c1-7(11(2,3)14)9-6-8(12)4-5-10(9)13/h4-6,14H,1-3H3. The van der Waals surface area contributed by atoms with Crippen LogP contribution in [0.1, 0.15) is 26.3 Å². The number of halogens is 2. The number of aliphatic hydroxyl groups is 1. The Morgan fingerprint density at radius 1 is 1.43 bits per heavy atom. The molecule has 1 aromatic rings. The van der Waals surface area contributed by atoms with Crippen molar-refractivity contribution in [3.63, 3.8) is 0 Å². The molecule has 0 atom stereocenters. The van der Waals surface area contributed by atoms with Gasteiger partial charge in [-0.15, -0.1) is 0 Å². The minimum atomic E-state index is -0.998. The van der Waals surface area contributed by atoms with Crippen molar-refractivity contribution in [2.24, 2.45) is 0 Å². The minimum Gasteiger partial charge on any atom is -0.390 e. The number of benzene rings is 1. The molecule has 0 unspecified atom stereocenters. The average molecular weight is 260 g/mol. The van der Waals surface area contributed by atoms with Crippen LogP contribution in [0.15, 0.2) is 22.7 Å². The summed E-state index contributed by atoms with van der Waals surface area (Å²) in [7, 11) is 0. The molecule has 1 nitrogen and oxygen atoms in total. The molecule has 1 rings (SSSR count). The topological polar surface area (TPSA) is 20.2 Å². The maximum atomic E-state index is 13.4. The lowest BCUT2D eigenvalue weighted by Crippen LogP contribution is -2.28. The first-order chi connectivity index (χ1) is 6.32. The van der Waals surface area contributed by atoms with Crippen LogP contribution in [0, 0.1) is 11.7 Å². The smallest absolute Gasteiger partial charge is 0.127 e. The molecule has 1 radical (unpaired) electrons. The third-order valence-electron chi connectivity index (χ3n) is 2.25. The van der Waals surface area contributed by atoms with E-state index >= 15 is 0 Å². The van der Waals surface area contributed by atoms with Gasteiger partial charge in [0, 0.05) is 10.4 Å². The van der Waals surface area contributed by atoms with Crippen LogP contribution in [0.5, 0.6) is 0 Å². The maximum absolute atomic E-state index is 13.4. The van der Waals surface area contributed by atoms with Gasteiger partial charge in [0.15, 0.2) is 0 Å². The molecule has 0 aliphatic rings. The molecule has 1 aromatic carbocycles. The van der Waals surface area contributed by atoms with Crippen molar-refractivity contribution >= 4 is 15.9 Å². The van der Waals surface area contributed by atoms with Crippen LogP contribution in [0.2, 0.25) is 0 Å². The SMILES string of the molecule is C[C](c1cc(Br)ccc1F)C(C)(C)O. The van der Waals surface area contributed by atoms with E-state index in [1.54, 1.807) is 32.9 Å². The van der Waals surface area contributed by atoms with Crippen molar-refractivity contribution in [3.05, 3.63) is 40.0 Å². The van der Waals surface area contributed by atoms with Gasteiger partial charge in [0.25, 0.3) is 0 Å². The van der Waals surface area contributed by atoms with E-state index in [1.165, 1.54) is 6.07 Å². The Morgan fingerprint density at radius 3 is 2.50 bits per heavy atom. The van der Waals surface area contributed by atoms with E-state index in [1.807, 2.05) is 0 Å². The zero-order valence-electron chi connectivity index (χ0n) is 8.44. The van der Waals surface area contributed by atoms with Gasteiger partial charge in [-0.25, -0.2) is 4.39 Å². The van der Waals surface area contributed by atoms with Crippen LogP contribution in [-0.4, -0.2) is 10.7 Å². The molecule has 77 valence electrons. The maximum Gasteiger partial charge on any atom is 0.127 e. The zero-order valence-corrected chi connectivity index (χ0v) is 10.0. The zero-order chi connectivity index (χ0) is 10.9. The fraction of sp³-hybridized carbons (Fsp3) is 0.364. The molecule has 0 aliphatic heterocycles. The summed E-state index contributed by atoms with van der Waals surface area (Å²) in [6.45, 7) is 5.01. The molecular formula is C11H13BrFO. The lowest BCUT2D eigenvalue weighted by Gasteiger charge is -2.25. The molecule has 0 saturated carbocycles. The lowest BCUT2D eigenvalue weighted by atomic mass is 9.86. The van der Waals surface area contributed by atoms with Crippen molar-refractivity contribution < 1.29 is 9.50 Å². The summed E-state index contributed by atoms with van der Waals surface area (Å²) in [6, 6.07) is 4.69. The third kappa shape index (κ3) is 2.55. The van der Waals surface area contributed by atoms with Crippen molar-refractivity contribution in [2.75, 3.05) is 0 Å². The quantitative estimate of drug-likeness (QED) is 0.864. The average Bonchev–Trinajstić information content (AvgIpc) is 2.06. The molecule has 0 bridgehead atoms. The second-order valence-electron chi connectivity index (χ2n) is 3.81. The Hall–Kier alpha value is -0.410. The van der Waals surface area contributed by atoms with Gasteiger partial charge in [0.1, 0.15) is 5.82 Å². The molecule has 0 saturated heterocycles. The van der Waals surface area contributed by atoms with Gasteiger partial charge in [0.05, 0.1) is 5.60 Å². The second kappa shape index (κ2) is 3.99. The Balaban J connectivity index is 3.12. The highest BCUT2D eigenvalue weighted by Gasteiger charge is 2.26. The number of rotatable bonds is 2. The highest BCUT2D eigenvalue weighted by atomic mass is 79.9. The van der Waals surface area contributed by atoms with Crippen molar-refractivity contribution in [1.29, 1.82) is 0 Å². The van der Waals surface area contributed by atoms with Crippen LogP contribution in [0.4, 0.5) is 4.39 Å². The highest BCUT2D eigenvalue weighted by molar-refractivity contribution is 9.10. The van der Waals surface area contributed by atoms with Gasteiger partial charge in [-0.2, -0.15) is 0 Å². The van der Waals surface area contributed by atoms with E-state index in [4.69, 9.17) is 0 Å². The summed E-state index contributed by atoms with van der Waals surface area (Å²) in [5, 5.41) is 9.74. The lowest BCUT2D eigenvalue weighted by molar-refractivity contribution is 0.1000. The van der Waals surface area contributed by atoms with Gasteiger partial charge >= 0.3 is 0 Å². The first kappa shape index (κ1) is 11.7. The molecule has 14 heavy (non-hydrogen) atoms. The molecule has 0 fully saturated rings. The second-order valence-corrected chi connectivity index (χ2v) is 4.72. The van der Waals surface area contributed by atoms with Crippen molar-refractivity contribution in [1.82, 2.24) is 0 Å². The Bertz CT molecular complexity index is 331. The predicted molar refractivity (Wildman–Crippen MR) is 58.4 cm³/mol. The first-order valence-electron chi connectivity index (χ1n) is 4.34. The normalized spacial score (nSPS) is 12.2. The van der Waals surface area contributed by atoms with E-state index in [2.05, 4.69) is 15.9 Å². The molecule has 1 N–H and O–H groups in total. The van der Waals surface area contributed by atoms with E-state index in [9.17, 15) is 9.50 Å². The summed E-state index contributed by atoms with van der Waals surface area (Å²) in [6.07, 6.45) is 0. The minimum absolute atomic E-state index is 0.312. The molecular weight excluding hydrogens is 247 g/mol.